The first-order valence-electron chi connectivity index (χ1n) is 10.00. The molecule has 0 spiro atoms. The highest BCUT2D eigenvalue weighted by Gasteiger charge is 2.41. The summed E-state index contributed by atoms with van der Waals surface area (Å²) in [6.07, 6.45) is -2.32. The van der Waals surface area contributed by atoms with Crippen LogP contribution in [0, 0.1) is 5.92 Å². The normalized spacial score (nSPS) is 24.9. The van der Waals surface area contributed by atoms with Crippen molar-refractivity contribution >= 4 is 34.7 Å². The summed E-state index contributed by atoms with van der Waals surface area (Å²) in [5, 5.41) is 6.00. The van der Waals surface area contributed by atoms with Gasteiger partial charge >= 0.3 is 6.18 Å². The number of rotatable bonds is 5. The molecule has 1 saturated heterocycles. The zero-order valence-corrected chi connectivity index (χ0v) is 17.6. The fourth-order valence-corrected chi connectivity index (χ4v) is 5.42. The van der Waals surface area contributed by atoms with Gasteiger partial charge in [0.25, 0.3) is 5.91 Å². The highest BCUT2D eigenvalue weighted by molar-refractivity contribution is 7.99. The number of halogens is 3. The van der Waals surface area contributed by atoms with E-state index in [0.717, 1.165) is 29.3 Å². The van der Waals surface area contributed by atoms with Gasteiger partial charge in [-0.2, -0.15) is 24.9 Å². The lowest BCUT2D eigenvalue weighted by molar-refractivity contribution is -0.182. The van der Waals surface area contributed by atoms with Crippen molar-refractivity contribution in [2.75, 3.05) is 41.6 Å². The van der Waals surface area contributed by atoms with E-state index in [0.29, 0.717) is 30.1 Å². The van der Waals surface area contributed by atoms with E-state index in [1.54, 1.807) is 13.1 Å². The molecule has 1 atom stereocenters. The number of alkyl halides is 3. The number of anilines is 3. The summed E-state index contributed by atoms with van der Waals surface area (Å²) in [4.78, 5) is 15.2. The fourth-order valence-electron chi connectivity index (χ4n) is 4.15. The Kier molecular flexibility index (Phi) is 6.76. The van der Waals surface area contributed by atoms with E-state index < -0.39 is 12.1 Å². The van der Waals surface area contributed by atoms with Gasteiger partial charge in [0.2, 0.25) is 0 Å². The molecule has 3 rings (SSSR count). The van der Waals surface area contributed by atoms with Gasteiger partial charge in [-0.05, 0) is 50.0 Å². The molecule has 162 valence electrons. The molecule has 0 radical (unpaired) electrons. The van der Waals surface area contributed by atoms with Gasteiger partial charge in [0.1, 0.15) is 0 Å². The third-order valence-electron chi connectivity index (χ3n) is 6.04. The molecule has 4 N–H and O–H groups in total. The maximum absolute atomic E-state index is 13.0. The van der Waals surface area contributed by atoms with E-state index in [2.05, 4.69) is 15.5 Å². The quantitative estimate of drug-likeness (QED) is 0.614. The Labute approximate surface area is 174 Å². The molecule has 9 heteroatoms. The first-order valence-corrected chi connectivity index (χ1v) is 11.2. The summed E-state index contributed by atoms with van der Waals surface area (Å²) < 4.78 is 38.7. The molecule has 2 aliphatic rings. The fraction of sp³-hybridized carbons (Fsp3) is 0.650. The average molecular weight is 431 g/mol. The smallest absolute Gasteiger partial charge is 0.391 e. The van der Waals surface area contributed by atoms with Gasteiger partial charge < -0.3 is 21.3 Å². The topological polar surface area (TPSA) is 70.4 Å². The molecule has 1 aromatic carbocycles. The number of carbonyl (C=O) groups is 1. The zero-order valence-electron chi connectivity index (χ0n) is 16.8. The third-order valence-corrected chi connectivity index (χ3v) is 7.19. The van der Waals surface area contributed by atoms with Crippen LogP contribution < -0.4 is 21.3 Å². The van der Waals surface area contributed by atoms with Crippen LogP contribution in [0.3, 0.4) is 0 Å². The molecule has 1 saturated carbocycles. The first-order chi connectivity index (χ1) is 13.7. The van der Waals surface area contributed by atoms with Crippen molar-refractivity contribution in [1.29, 1.82) is 0 Å². The van der Waals surface area contributed by atoms with Crippen molar-refractivity contribution in [1.82, 2.24) is 5.32 Å². The number of benzene rings is 1. The van der Waals surface area contributed by atoms with E-state index in [4.69, 9.17) is 5.73 Å². The van der Waals surface area contributed by atoms with Gasteiger partial charge in [-0.3, -0.25) is 4.79 Å². The van der Waals surface area contributed by atoms with Crippen molar-refractivity contribution < 1.29 is 18.0 Å². The van der Waals surface area contributed by atoms with Gasteiger partial charge in [-0.15, -0.1) is 0 Å². The lowest BCUT2D eigenvalue weighted by Gasteiger charge is -2.32. The predicted molar refractivity (Wildman–Crippen MR) is 114 cm³/mol. The summed E-state index contributed by atoms with van der Waals surface area (Å²) in [6.45, 7) is 0. The number of nitrogen functional groups attached to an aromatic ring is 1. The van der Waals surface area contributed by atoms with E-state index in [1.807, 2.05) is 24.9 Å². The Balaban J connectivity index is 1.76. The standard InChI is InChI=1S/C20H29F3N4OS/c1-25-17-10-18(27(2)14-7-8-29-11-14)15(9-16(17)24)19(28)26-13-5-3-12(4-6-13)20(21,22)23/h9-10,12-14,25H,3-8,11,24H2,1-2H3,(H,26,28)/t12-,13-,14?. The van der Waals surface area contributed by atoms with E-state index in [9.17, 15) is 18.0 Å². The van der Waals surface area contributed by atoms with Gasteiger partial charge in [-0.1, -0.05) is 0 Å². The minimum Gasteiger partial charge on any atom is -0.397 e. The molecule has 29 heavy (non-hydrogen) atoms. The van der Waals surface area contributed by atoms with Crippen LogP contribution in [0.25, 0.3) is 0 Å². The molecule has 1 unspecified atom stereocenters. The Bertz CT molecular complexity index is 729. The highest BCUT2D eigenvalue weighted by atomic mass is 32.2. The van der Waals surface area contributed by atoms with E-state index in [-0.39, 0.29) is 24.8 Å². The monoisotopic (exact) mass is 430 g/mol. The van der Waals surface area contributed by atoms with Crippen molar-refractivity contribution in [2.24, 2.45) is 5.92 Å². The largest absolute Gasteiger partial charge is 0.397 e. The molecular weight excluding hydrogens is 401 g/mol. The zero-order chi connectivity index (χ0) is 21.2. The number of hydrogen-bond acceptors (Lipinski definition) is 5. The second kappa shape index (κ2) is 8.93. The van der Waals surface area contributed by atoms with Crippen molar-refractivity contribution in [2.45, 2.75) is 50.4 Å². The van der Waals surface area contributed by atoms with Crippen LogP contribution in [0.4, 0.5) is 30.2 Å². The van der Waals surface area contributed by atoms with Gasteiger partial charge in [0, 0.05) is 31.9 Å². The Hall–Kier alpha value is -1.77. The molecule has 5 nitrogen and oxygen atoms in total. The lowest BCUT2D eigenvalue weighted by atomic mass is 9.85. The van der Waals surface area contributed by atoms with E-state index >= 15 is 0 Å². The lowest BCUT2D eigenvalue weighted by Crippen LogP contribution is -2.41. The first kappa shape index (κ1) is 21.9. The maximum atomic E-state index is 13.0. The third kappa shape index (κ3) is 5.05. The number of carbonyl (C=O) groups excluding carboxylic acids is 1. The number of thioether (sulfide) groups is 1. The van der Waals surface area contributed by atoms with Gasteiger partial charge in [-0.25, -0.2) is 0 Å². The molecule has 1 heterocycles. The molecule has 1 aliphatic carbocycles. The van der Waals surface area contributed by atoms with Crippen molar-refractivity contribution in [3.63, 3.8) is 0 Å². The average Bonchev–Trinajstić information content (AvgIpc) is 3.21. The summed E-state index contributed by atoms with van der Waals surface area (Å²) >= 11 is 1.89. The van der Waals surface area contributed by atoms with Crippen LogP contribution in [0.5, 0.6) is 0 Å². The van der Waals surface area contributed by atoms with Crippen LogP contribution in [0.2, 0.25) is 0 Å². The van der Waals surface area contributed by atoms with E-state index in [1.165, 1.54) is 0 Å². The number of nitrogens with zero attached hydrogens (tertiary/aromatic N) is 1. The number of amides is 1. The summed E-state index contributed by atoms with van der Waals surface area (Å²) in [5.41, 5.74) is 8.58. The Morgan fingerprint density at radius 2 is 1.90 bits per heavy atom. The van der Waals surface area contributed by atoms with Crippen molar-refractivity contribution in [3.8, 4) is 0 Å². The number of hydrogen-bond donors (Lipinski definition) is 3. The second-order valence-corrected chi connectivity index (χ2v) is 9.05. The summed E-state index contributed by atoms with van der Waals surface area (Å²) in [5.74, 6) is 0.551. The van der Waals surface area contributed by atoms with Crippen LogP contribution in [-0.2, 0) is 0 Å². The van der Waals surface area contributed by atoms with Gasteiger partial charge in [0.05, 0.1) is 28.5 Å². The molecule has 1 amide bonds. The van der Waals surface area contributed by atoms with Crippen molar-refractivity contribution in [3.05, 3.63) is 17.7 Å². The molecule has 2 fully saturated rings. The van der Waals surface area contributed by atoms with Crippen LogP contribution in [0.1, 0.15) is 42.5 Å². The minimum absolute atomic E-state index is 0.0569. The SMILES string of the molecule is CNc1cc(N(C)C2CCSC2)c(C(=O)N[C@H]2CC[C@H](C(F)(F)F)CC2)cc1N. The maximum Gasteiger partial charge on any atom is 0.391 e. The minimum atomic E-state index is -4.15. The Morgan fingerprint density at radius 3 is 2.45 bits per heavy atom. The summed E-state index contributed by atoms with van der Waals surface area (Å²) in [6, 6.07) is 3.64. The Morgan fingerprint density at radius 1 is 1.21 bits per heavy atom. The number of nitrogens with two attached hydrogens (primary N) is 1. The number of nitrogens with one attached hydrogen (secondary N) is 2. The molecule has 0 bridgehead atoms. The van der Waals surface area contributed by atoms with Crippen LogP contribution >= 0.6 is 11.8 Å². The summed E-state index contributed by atoms with van der Waals surface area (Å²) in [7, 11) is 3.76. The van der Waals surface area contributed by atoms with Crippen LogP contribution in [-0.4, -0.2) is 49.8 Å². The predicted octanol–water partition coefficient (Wildman–Crippen LogP) is 4.10. The van der Waals surface area contributed by atoms with Gasteiger partial charge in [0.15, 0.2) is 0 Å². The highest BCUT2D eigenvalue weighted by Crippen LogP contribution is 2.38. The molecule has 1 aliphatic heterocycles. The van der Waals surface area contributed by atoms with Crippen LogP contribution in [0.15, 0.2) is 12.1 Å². The molecule has 1 aromatic rings. The molecule has 0 aromatic heterocycles. The second-order valence-electron chi connectivity index (χ2n) is 7.90. The molecular formula is C20H29F3N4OS.